The first-order chi connectivity index (χ1) is 30.4. The molecule has 62 heavy (non-hydrogen) atoms. The van der Waals surface area contributed by atoms with Crippen molar-refractivity contribution in [3.05, 3.63) is 258 Å². The van der Waals surface area contributed by atoms with Crippen LogP contribution in [0.2, 0.25) is 0 Å². The number of rotatable bonds is 9. The molecule has 0 saturated carbocycles. The van der Waals surface area contributed by atoms with Crippen molar-refractivity contribution < 1.29 is 0 Å². The Morgan fingerprint density at radius 1 is 0.516 bits per heavy atom. The molecule has 0 N–H and O–H groups in total. The van der Waals surface area contributed by atoms with E-state index in [-0.39, 0.29) is 5.41 Å². The Balaban J connectivity index is 1.10. The Hall–Kier alpha value is -7.33. The van der Waals surface area contributed by atoms with E-state index in [1.165, 1.54) is 61.2 Å². The molecule has 8 aromatic carbocycles. The van der Waals surface area contributed by atoms with Gasteiger partial charge in [-0.3, -0.25) is 0 Å². The minimum Gasteiger partial charge on any atom is -0.310 e. The second-order valence-electron chi connectivity index (χ2n) is 16.9. The number of hydrogen-bond donors (Lipinski definition) is 0. The Morgan fingerprint density at radius 3 is 1.76 bits per heavy atom. The van der Waals surface area contributed by atoms with E-state index in [0.717, 1.165) is 37.8 Å². The van der Waals surface area contributed by atoms with Gasteiger partial charge in [-0.1, -0.05) is 196 Å². The van der Waals surface area contributed by atoms with Crippen LogP contribution >= 0.6 is 11.3 Å². The third-order valence-corrected chi connectivity index (χ3v) is 13.8. The lowest BCUT2D eigenvalue weighted by Crippen LogP contribution is -2.28. The molecule has 0 fully saturated rings. The molecule has 0 unspecified atom stereocenters. The molecule has 1 heterocycles. The van der Waals surface area contributed by atoms with E-state index in [9.17, 15) is 0 Å². The lowest BCUT2D eigenvalue weighted by atomic mass is 9.67. The molecule has 2 nitrogen and oxygen atoms in total. The molecule has 0 aliphatic heterocycles. The standard InChI is InChI=1S/C59H44N2S/c1-4-5-17-43-39-58(2,3)53-36-46(30-33-49(43)53)61(48-32-35-56-55(38-48)60-57(62-56)42-28-26-41(27-29-42)40-18-9-6-10-19-40)47-31-34-51-50-24-15-16-25-52(50)59(54(51)37-47,44-20-11-7-12-21-44)45-22-13-8-14-23-45/h4-39H,1H2,2-3H3/b17-5-. The smallest absolute Gasteiger partial charge is 0.124 e. The molecule has 1 aromatic heterocycles. The fourth-order valence-corrected chi connectivity index (χ4v) is 10.9. The Bertz CT molecular complexity index is 3170. The van der Waals surface area contributed by atoms with E-state index in [1.54, 1.807) is 11.3 Å². The summed E-state index contributed by atoms with van der Waals surface area (Å²) in [5, 5.41) is 1.01. The molecule has 0 saturated heterocycles. The highest BCUT2D eigenvalue weighted by Crippen LogP contribution is 2.57. The first-order valence-electron chi connectivity index (χ1n) is 21.3. The molecule has 0 atom stereocenters. The minimum absolute atomic E-state index is 0.156. The molecule has 2 aliphatic rings. The van der Waals surface area contributed by atoms with Crippen molar-refractivity contribution in [2.24, 2.45) is 0 Å². The fourth-order valence-electron chi connectivity index (χ4n) is 9.94. The summed E-state index contributed by atoms with van der Waals surface area (Å²) in [6.07, 6.45) is 8.42. The Morgan fingerprint density at radius 2 is 1.06 bits per heavy atom. The summed E-state index contributed by atoms with van der Waals surface area (Å²) in [4.78, 5) is 7.73. The molecule has 9 aromatic rings. The van der Waals surface area contributed by atoms with Gasteiger partial charge in [0, 0.05) is 28.0 Å². The van der Waals surface area contributed by atoms with Gasteiger partial charge in [0.1, 0.15) is 5.01 Å². The summed E-state index contributed by atoms with van der Waals surface area (Å²) in [6, 6.07) is 71.2. The van der Waals surface area contributed by atoms with Gasteiger partial charge in [-0.05, 0) is 104 Å². The molecule has 11 rings (SSSR count). The second-order valence-corrected chi connectivity index (χ2v) is 17.9. The lowest BCUT2D eigenvalue weighted by molar-refractivity contribution is 0.683. The first kappa shape index (κ1) is 37.7. The summed E-state index contributed by atoms with van der Waals surface area (Å²) < 4.78 is 1.16. The zero-order valence-electron chi connectivity index (χ0n) is 34.8. The molecule has 0 spiro atoms. The molecular weight excluding hydrogens is 769 g/mol. The van der Waals surface area contributed by atoms with Crippen molar-refractivity contribution in [2.75, 3.05) is 4.90 Å². The first-order valence-corrected chi connectivity index (χ1v) is 22.1. The number of aromatic nitrogens is 1. The Kier molecular flexibility index (Phi) is 9.10. The van der Waals surface area contributed by atoms with Crippen LogP contribution in [0.5, 0.6) is 0 Å². The number of nitrogens with zero attached hydrogens (tertiary/aromatic N) is 2. The van der Waals surface area contributed by atoms with E-state index in [1.807, 2.05) is 12.2 Å². The maximum absolute atomic E-state index is 5.29. The van der Waals surface area contributed by atoms with Crippen LogP contribution in [0.15, 0.2) is 225 Å². The van der Waals surface area contributed by atoms with Gasteiger partial charge in [0.2, 0.25) is 0 Å². The molecular formula is C59H44N2S. The fraction of sp³-hybridized carbons (Fsp3) is 0.0678. The van der Waals surface area contributed by atoms with Gasteiger partial charge in [0.05, 0.1) is 15.6 Å². The molecule has 296 valence electrons. The monoisotopic (exact) mass is 812 g/mol. The number of anilines is 3. The van der Waals surface area contributed by atoms with Crippen LogP contribution in [-0.4, -0.2) is 4.98 Å². The summed E-state index contributed by atoms with van der Waals surface area (Å²) in [6.45, 7) is 8.56. The van der Waals surface area contributed by atoms with Gasteiger partial charge in [-0.15, -0.1) is 11.3 Å². The van der Waals surface area contributed by atoms with Crippen molar-refractivity contribution in [1.82, 2.24) is 4.98 Å². The second kappa shape index (κ2) is 15.0. The largest absolute Gasteiger partial charge is 0.310 e. The highest BCUT2D eigenvalue weighted by molar-refractivity contribution is 7.21. The predicted octanol–water partition coefficient (Wildman–Crippen LogP) is 15.9. The predicted molar refractivity (Wildman–Crippen MR) is 263 cm³/mol. The average molecular weight is 813 g/mol. The number of benzene rings is 8. The number of thiazole rings is 1. The van der Waals surface area contributed by atoms with Crippen LogP contribution in [0.4, 0.5) is 17.1 Å². The van der Waals surface area contributed by atoms with Crippen LogP contribution < -0.4 is 4.90 Å². The van der Waals surface area contributed by atoms with Crippen molar-refractivity contribution in [1.29, 1.82) is 0 Å². The Labute approximate surface area is 368 Å². The SMILES string of the molecule is C=C/C=C\C1=CC(C)(C)c2cc(N(c3ccc4c(c3)C(c3ccccc3)(c3ccccc3)c3ccccc3-4)c3ccc4sc(-c5ccc(-c6ccccc6)cc5)nc4c3)ccc21. The third-order valence-electron chi connectivity index (χ3n) is 12.8. The summed E-state index contributed by atoms with van der Waals surface area (Å²) >= 11 is 1.74. The maximum Gasteiger partial charge on any atom is 0.124 e. The van der Waals surface area contributed by atoms with Gasteiger partial charge in [0.15, 0.2) is 0 Å². The minimum atomic E-state index is -0.518. The highest BCUT2D eigenvalue weighted by Gasteiger charge is 2.46. The van der Waals surface area contributed by atoms with Crippen LogP contribution in [0, 0.1) is 0 Å². The van der Waals surface area contributed by atoms with Gasteiger partial charge < -0.3 is 4.90 Å². The van der Waals surface area contributed by atoms with Crippen LogP contribution in [0.25, 0.3) is 48.6 Å². The average Bonchev–Trinajstić information content (AvgIpc) is 3.97. The number of fused-ring (bicyclic) bond motifs is 5. The highest BCUT2D eigenvalue weighted by atomic mass is 32.1. The van der Waals surface area contributed by atoms with Crippen molar-refractivity contribution >= 4 is 44.2 Å². The summed E-state index contributed by atoms with van der Waals surface area (Å²) in [5.41, 5.74) is 18.5. The van der Waals surface area contributed by atoms with Gasteiger partial charge in [-0.2, -0.15) is 0 Å². The molecule has 0 radical (unpaired) electrons. The van der Waals surface area contributed by atoms with Gasteiger partial charge in [0.25, 0.3) is 0 Å². The topological polar surface area (TPSA) is 16.1 Å². The van der Waals surface area contributed by atoms with Crippen molar-refractivity contribution in [3.63, 3.8) is 0 Å². The molecule has 2 aliphatic carbocycles. The summed E-state index contributed by atoms with van der Waals surface area (Å²) in [5.74, 6) is 0. The molecule has 0 amide bonds. The maximum atomic E-state index is 5.29. The van der Waals surface area contributed by atoms with E-state index in [0.29, 0.717) is 0 Å². The zero-order chi connectivity index (χ0) is 41.8. The quantitative estimate of drug-likeness (QED) is 0.135. The van der Waals surface area contributed by atoms with E-state index < -0.39 is 5.41 Å². The number of hydrogen-bond acceptors (Lipinski definition) is 3. The number of allylic oxidation sites excluding steroid dienone is 5. The third kappa shape index (κ3) is 6.11. The van der Waals surface area contributed by atoms with Crippen molar-refractivity contribution in [3.8, 4) is 32.8 Å². The lowest BCUT2D eigenvalue weighted by Gasteiger charge is -2.35. The van der Waals surface area contributed by atoms with E-state index >= 15 is 0 Å². The van der Waals surface area contributed by atoms with E-state index in [2.05, 4.69) is 232 Å². The van der Waals surface area contributed by atoms with Crippen LogP contribution in [-0.2, 0) is 10.8 Å². The van der Waals surface area contributed by atoms with E-state index in [4.69, 9.17) is 4.98 Å². The van der Waals surface area contributed by atoms with Crippen LogP contribution in [0.1, 0.15) is 47.2 Å². The van der Waals surface area contributed by atoms with Gasteiger partial charge >= 0.3 is 0 Å². The zero-order valence-corrected chi connectivity index (χ0v) is 35.6. The summed E-state index contributed by atoms with van der Waals surface area (Å²) in [7, 11) is 0. The van der Waals surface area contributed by atoms with Crippen LogP contribution in [0.3, 0.4) is 0 Å². The van der Waals surface area contributed by atoms with Crippen molar-refractivity contribution in [2.45, 2.75) is 24.7 Å². The molecule has 0 bridgehead atoms. The normalized spacial score (nSPS) is 14.3. The molecule has 3 heteroatoms. The van der Waals surface area contributed by atoms with Gasteiger partial charge in [-0.25, -0.2) is 4.98 Å².